The van der Waals surface area contributed by atoms with Crippen LogP contribution in [0.5, 0.6) is 11.5 Å². The van der Waals surface area contributed by atoms with Crippen LogP contribution in [-0.4, -0.2) is 30.2 Å². The number of hydrogen-bond acceptors (Lipinski definition) is 4. The molecule has 1 amide bonds. The van der Waals surface area contributed by atoms with Gasteiger partial charge >= 0.3 is 5.97 Å². The Bertz CT molecular complexity index is 1360. The topological polar surface area (TPSA) is 84.9 Å². The van der Waals surface area contributed by atoms with Gasteiger partial charge < -0.3 is 19.9 Å². The van der Waals surface area contributed by atoms with E-state index in [1.54, 1.807) is 49.4 Å². The maximum atomic E-state index is 13.5. The fraction of sp³-hybridized carbons (Fsp3) is 0.172. The van der Waals surface area contributed by atoms with Crippen LogP contribution < -0.4 is 14.8 Å². The highest BCUT2D eigenvalue weighted by Gasteiger charge is 2.40. The van der Waals surface area contributed by atoms with Gasteiger partial charge in [0.05, 0.1) is 5.56 Å². The van der Waals surface area contributed by atoms with Crippen LogP contribution in [-0.2, 0) is 10.3 Å². The molecule has 2 N–H and O–H groups in total. The molecule has 1 atom stereocenters. The van der Waals surface area contributed by atoms with Crippen LogP contribution in [0.3, 0.4) is 0 Å². The van der Waals surface area contributed by atoms with Gasteiger partial charge in [0.15, 0.2) is 5.54 Å². The van der Waals surface area contributed by atoms with Gasteiger partial charge in [-0.15, -0.1) is 0 Å². The van der Waals surface area contributed by atoms with E-state index in [2.05, 4.69) is 5.32 Å². The Morgan fingerprint density at radius 2 is 1.53 bits per heavy atom. The first-order chi connectivity index (χ1) is 17.4. The van der Waals surface area contributed by atoms with Crippen molar-refractivity contribution in [2.75, 3.05) is 13.2 Å². The average molecular weight is 488 g/mol. The van der Waals surface area contributed by atoms with E-state index in [1.807, 2.05) is 24.3 Å². The molecule has 0 radical (unpaired) electrons. The molecular weight excluding hydrogens is 461 g/mol. The number of fused-ring (bicyclic) bond motifs is 1. The Balaban J connectivity index is 1.61. The van der Waals surface area contributed by atoms with Crippen molar-refractivity contribution in [2.24, 2.45) is 0 Å². The molecule has 7 heteroatoms. The summed E-state index contributed by atoms with van der Waals surface area (Å²) in [5, 5.41) is 14.5. The molecule has 4 aromatic carbocycles. The quantitative estimate of drug-likeness (QED) is 0.286. The Morgan fingerprint density at radius 1 is 0.861 bits per heavy atom. The van der Waals surface area contributed by atoms with Crippen LogP contribution in [0.1, 0.15) is 29.3 Å². The lowest BCUT2D eigenvalue weighted by molar-refractivity contribution is -0.145. The number of carbonyl (C=O) groups excluding carboxylic acids is 1. The van der Waals surface area contributed by atoms with E-state index in [4.69, 9.17) is 9.47 Å². The van der Waals surface area contributed by atoms with Crippen molar-refractivity contribution in [1.82, 2.24) is 5.32 Å². The summed E-state index contributed by atoms with van der Waals surface area (Å²) in [5.41, 5.74) is -0.915. The van der Waals surface area contributed by atoms with Crippen LogP contribution in [0.2, 0.25) is 0 Å². The molecule has 0 spiro atoms. The van der Waals surface area contributed by atoms with Crippen molar-refractivity contribution >= 4 is 22.6 Å². The fourth-order valence-electron chi connectivity index (χ4n) is 4.09. The van der Waals surface area contributed by atoms with E-state index in [1.165, 1.54) is 24.3 Å². The van der Waals surface area contributed by atoms with Crippen molar-refractivity contribution in [3.05, 3.63) is 108 Å². The molecule has 4 aromatic rings. The van der Waals surface area contributed by atoms with E-state index < -0.39 is 17.4 Å². The van der Waals surface area contributed by atoms with Gasteiger partial charge in [-0.2, -0.15) is 0 Å². The lowest BCUT2D eigenvalue weighted by Crippen LogP contribution is -2.51. The maximum absolute atomic E-state index is 13.5. The maximum Gasteiger partial charge on any atom is 0.334 e. The van der Waals surface area contributed by atoms with Crippen molar-refractivity contribution in [2.45, 2.75) is 18.9 Å². The number of amides is 1. The number of aliphatic carboxylic acids is 1. The second-order valence-corrected chi connectivity index (χ2v) is 8.20. The summed E-state index contributed by atoms with van der Waals surface area (Å²) in [6.07, 6.45) is 0.146. The molecular formula is C29H26FNO5. The van der Waals surface area contributed by atoms with E-state index >= 15 is 0 Å². The van der Waals surface area contributed by atoms with Gasteiger partial charge in [-0.1, -0.05) is 67.6 Å². The van der Waals surface area contributed by atoms with Crippen molar-refractivity contribution < 1.29 is 28.6 Å². The highest BCUT2D eigenvalue weighted by Crippen LogP contribution is 2.32. The van der Waals surface area contributed by atoms with Gasteiger partial charge in [-0.25, -0.2) is 9.18 Å². The molecule has 0 saturated carbocycles. The minimum Gasteiger partial charge on any atom is -0.490 e. The molecule has 36 heavy (non-hydrogen) atoms. The summed E-state index contributed by atoms with van der Waals surface area (Å²) < 4.78 is 24.7. The van der Waals surface area contributed by atoms with Gasteiger partial charge in [0, 0.05) is 5.39 Å². The summed E-state index contributed by atoms with van der Waals surface area (Å²) in [6, 6.07) is 25.1. The first kappa shape index (κ1) is 24.7. The Labute approximate surface area is 208 Å². The second kappa shape index (κ2) is 10.9. The van der Waals surface area contributed by atoms with Gasteiger partial charge in [0.25, 0.3) is 5.91 Å². The van der Waals surface area contributed by atoms with Gasteiger partial charge in [0.2, 0.25) is 0 Å². The molecule has 0 aliphatic carbocycles. The molecule has 1 unspecified atom stereocenters. The molecule has 0 saturated heterocycles. The van der Waals surface area contributed by atoms with E-state index in [0.717, 1.165) is 5.39 Å². The SMILES string of the molecule is CCC(NC(=O)c1ccc2ccccc2c1OCCOc1ccc(F)cc1)(C(=O)O)c1ccccc1. The molecule has 4 rings (SSSR count). The second-order valence-electron chi connectivity index (χ2n) is 8.20. The van der Waals surface area contributed by atoms with Gasteiger partial charge in [0.1, 0.15) is 30.5 Å². The Morgan fingerprint density at radius 3 is 2.22 bits per heavy atom. The van der Waals surface area contributed by atoms with Crippen LogP contribution in [0, 0.1) is 5.82 Å². The number of rotatable bonds is 10. The molecule has 0 heterocycles. The summed E-state index contributed by atoms with van der Waals surface area (Å²) in [7, 11) is 0. The average Bonchev–Trinajstić information content (AvgIpc) is 2.90. The molecule has 0 aliphatic rings. The van der Waals surface area contributed by atoms with Crippen LogP contribution in [0.15, 0.2) is 91.0 Å². The third-order valence-electron chi connectivity index (χ3n) is 6.03. The number of nitrogens with one attached hydrogen (secondary N) is 1. The van der Waals surface area contributed by atoms with E-state index in [-0.39, 0.29) is 31.0 Å². The Kier molecular flexibility index (Phi) is 7.49. The zero-order valence-electron chi connectivity index (χ0n) is 19.7. The standard InChI is InChI=1S/C29H26FNO5/c1-2-29(28(33)34,21-9-4-3-5-10-21)31-27(32)25-17-12-20-8-6-7-11-24(20)26(25)36-19-18-35-23-15-13-22(30)14-16-23/h3-17H,2,18-19H2,1H3,(H,31,32)(H,33,34). The first-order valence-corrected chi connectivity index (χ1v) is 11.6. The van der Waals surface area contributed by atoms with Crippen molar-refractivity contribution in [1.29, 1.82) is 0 Å². The molecule has 0 aromatic heterocycles. The van der Waals surface area contributed by atoms with E-state index in [0.29, 0.717) is 22.4 Å². The number of carbonyl (C=O) groups is 2. The van der Waals surface area contributed by atoms with Gasteiger partial charge in [-0.05, 0) is 47.7 Å². The molecule has 0 aliphatic heterocycles. The smallest absolute Gasteiger partial charge is 0.334 e. The lowest BCUT2D eigenvalue weighted by Gasteiger charge is -2.30. The minimum absolute atomic E-state index is 0.113. The van der Waals surface area contributed by atoms with Gasteiger partial charge in [-0.3, -0.25) is 4.79 Å². The minimum atomic E-state index is -1.60. The van der Waals surface area contributed by atoms with Crippen LogP contribution in [0.25, 0.3) is 10.8 Å². The summed E-state index contributed by atoms with van der Waals surface area (Å²) in [6.45, 7) is 1.99. The third-order valence-corrected chi connectivity index (χ3v) is 6.03. The number of carboxylic acid groups (broad SMARTS) is 1. The van der Waals surface area contributed by atoms with Crippen LogP contribution in [0.4, 0.5) is 4.39 Å². The highest BCUT2D eigenvalue weighted by atomic mass is 19.1. The predicted octanol–water partition coefficient (Wildman–Crippen LogP) is 5.56. The first-order valence-electron chi connectivity index (χ1n) is 11.6. The predicted molar refractivity (Wildman–Crippen MR) is 135 cm³/mol. The number of halogens is 1. The molecule has 0 fully saturated rings. The zero-order valence-corrected chi connectivity index (χ0v) is 19.7. The summed E-state index contributed by atoms with van der Waals surface area (Å²) in [4.78, 5) is 25.9. The number of ether oxygens (including phenoxy) is 2. The number of hydrogen-bond donors (Lipinski definition) is 2. The molecule has 0 bridgehead atoms. The largest absolute Gasteiger partial charge is 0.490 e. The van der Waals surface area contributed by atoms with Crippen molar-refractivity contribution in [3.63, 3.8) is 0 Å². The third kappa shape index (κ3) is 5.15. The Hall–Kier alpha value is -4.39. The van der Waals surface area contributed by atoms with Crippen molar-refractivity contribution in [3.8, 4) is 11.5 Å². The molecule has 6 nitrogen and oxygen atoms in total. The normalized spacial score (nSPS) is 12.5. The number of carboxylic acids is 1. The summed E-state index contributed by atoms with van der Waals surface area (Å²) >= 11 is 0. The zero-order chi connectivity index (χ0) is 25.5. The monoisotopic (exact) mass is 487 g/mol. The lowest BCUT2D eigenvalue weighted by atomic mass is 9.86. The highest BCUT2D eigenvalue weighted by molar-refractivity contribution is 6.05. The van der Waals surface area contributed by atoms with E-state index in [9.17, 15) is 19.1 Å². The summed E-state index contributed by atoms with van der Waals surface area (Å²) in [5.74, 6) is -1.25. The van der Waals surface area contributed by atoms with Crippen LogP contribution >= 0.6 is 0 Å². The number of benzene rings is 4. The molecule has 184 valence electrons. The fourth-order valence-corrected chi connectivity index (χ4v) is 4.09.